The highest BCUT2D eigenvalue weighted by Crippen LogP contribution is 2.13. The highest BCUT2D eigenvalue weighted by atomic mass is 32.1. The summed E-state index contributed by atoms with van der Waals surface area (Å²) in [6.45, 7) is 0. The van der Waals surface area contributed by atoms with Crippen molar-refractivity contribution in [1.82, 2.24) is 9.36 Å². The van der Waals surface area contributed by atoms with Crippen molar-refractivity contribution < 1.29 is 23.1 Å². The summed E-state index contributed by atoms with van der Waals surface area (Å²) in [5.41, 5.74) is 1.68. The van der Waals surface area contributed by atoms with Crippen LogP contribution in [0.1, 0.15) is 0 Å². The molecule has 0 aliphatic heterocycles. The number of carboxylic acid groups (broad SMARTS) is 1. The van der Waals surface area contributed by atoms with Crippen LogP contribution in [0.25, 0.3) is 0 Å². The lowest BCUT2D eigenvalue weighted by molar-refractivity contribution is -0.192. The number of rotatable bonds is 0. The van der Waals surface area contributed by atoms with Crippen molar-refractivity contribution in [2.45, 2.75) is 6.18 Å². The Labute approximate surface area is 68.8 Å². The van der Waals surface area contributed by atoms with Crippen LogP contribution in [-0.2, 0) is 4.79 Å². The molecule has 0 aliphatic rings. The SMILES string of the molecule is O=C(O)C(F)(F)F.c1ncsn1. The van der Waals surface area contributed by atoms with Gasteiger partial charge in [-0.25, -0.2) is 9.78 Å². The van der Waals surface area contributed by atoms with Gasteiger partial charge in [0.05, 0.1) is 0 Å². The van der Waals surface area contributed by atoms with Gasteiger partial charge in [0, 0.05) is 0 Å². The summed E-state index contributed by atoms with van der Waals surface area (Å²) in [5, 5.41) is 7.12. The van der Waals surface area contributed by atoms with Crippen molar-refractivity contribution in [2.24, 2.45) is 0 Å². The largest absolute Gasteiger partial charge is 0.490 e. The zero-order chi connectivity index (χ0) is 9.61. The van der Waals surface area contributed by atoms with Crippen LogP contribution < -0.4 is 0 Å². The Morgan fingerprint density at radius 1 is 1.50 bits per heavy atom. The number of hydrogen-bond donors (Lipinski definition) is 1. The summed E-state index contributed by atoms with van der Waals surface area (Å²) < 4.78 is 35.4. The molecule has 1 heterocycles. The molecule has 68 valence electrons. The van der Waals surface area contributed by atoms with Gasteiger partial charge in [-0.3, -0.25) is 0 Å². The number of aliphatic carboxylic acids is 1. The second-order valence-corrected chi connectivity index (χ2v) is 2.02. The van der Waals surface area contributed by atoms with Gasteiger partial charge in [-0.1, -0.05) is 0 Å². The lowest BCUT2D eigenvalue weighted by Crippen LogP contribution is -2.21. The van der Waals surface area contributed by atoms with Crippen molar-refractivity contribution in [3.8, 4) is 0 Å². The van der Waals surface area contributed by atoms with E-state index in [0.29, 0.717) is 0 Å². The molecule has 1 rings (SSSR count). The van der Waals surface area contributed by atoms with E-state index in [1.54, 1.807) is 5.51 Å². The van der Waals surface area contributed by atoms with E-state index >= 15 is 0 Å². The second kappa shape index (κ2) is 4.65. The predicted molar refractivity (Wildman–Crippen MR) is 33.6 cm³/mol. The van der Waals surface area contributed by atoms with E-state index in [1.807, 2.05) is 0 Å². The van der Waals surface area contributed by atoms with Gasteiger partial charge in [0.1, 0.15) is 11.8 Å². The predicted octanol–water partition coefficient (Wildman–Crippen LogP) is 1.17. The zero-order valence-electron chi connectivity index (χ0n) is 5.45. The van der Waals surface area contributed by atoms with Crippen LogP contribution in [0, 0.1) is 0 Å². The maximum atomic E-state index is 10.6. The first-order valence-corrected chi connectivity index (χ1v) is 3.27. The molecule has 8 heteroatoms. The Morgan fingerprint density at radius 2 is 2.00 bits per heavy atom. The molecule has 0 unspecified atom stereocenters. The third-order valence-corrected chi connectivity index (χ3v) is 0.957. The van der Waals surface area contributed by atoms with E-state index < -0.39 is 12.1 Å². The van der Waals surface area contributed by atoms with Crippen LogP contribution in [0.3, 0.4) is 0 Å². The number of hydrogen-bond acceptors (Lipinski definition) is 4. The molecule has 1 N–H and O–H groups in total. The summed E-state index contributed by atoms with van der Waals surface area (Å²) in [6, 6.07) is 0. The molecule has 4 nitrogen and oxygen atoms in total. The summed E-state index contributed by atoms with van der Waals surface area (Å²) in [4.78, 5) is 12.5. The van der Waals surface area contributed by atoms with Crippen LogP contribution in [0.4, 0.5) is 13.2 Å². The normalized spacial score (nSPS) is 9.92. The summed E-state index contributed by atoms with van der Waals surface area (Å²) in [5.74, 6) is -2.76. The minimum atomic E-state index is -5.08. The molecule has 0 spiro atoms. The maximum absolute atomic E-state index is 10.6. The van der Waals surface area contributed by atoms with Crippen LogP contribution >= 0.6 is 11.5 Å². The molecule has 0 saturated carbocycles. The van der Waals surface area contributed by atoms with Gasteiger partial charge in [-0.2, -0.15) is 17.5 Å². The molecule has 1 aromatic rings. The molecule has 0 aromatic carbocycles. The fourth-order valence-corrected chi connectivity index (χ4v) is 0.408. The number of aromatic nitrogens is 2. The Balaban J connectivity index is 0.000000211. The van der Waals surface area contributed by atoms with E-state index in [9.17, 15) is 13.2 Å². The number of nitrogens with zero attached hydrogens (tertiary/aromatic N) is 2. The van der Waals surface area contributed by atoms with Crippen molar-refractivity contribution in [3.05, 3.63) is 11.8 Å². The minimum absolute atomic E-state index is 1.35. The molecular weight excluding hydrogens is 197 g/mol. The summed E-state index contributed by atoms with van der Waals surface area (Å²) >= 11 is 1.35. The van der Waals surface area contributed by atoms with Crippen LogP contribution in [0.2, 0.25) is 0 Å². The Hall–Kier alpha value is -1.18. The van der Waals surface area contributed by atoms with Crippen molar-refractivity contribution in [1.29, 1.82) is 0 Å². The van der Waals surface area contributed by atoms with Crippen molar-refractivity contribution in [3.63, 3.8) is 0 Å². The molecule has 1 aromatic heterocycles. The maximum Gasteiger partial charge on any atom is 0.490 e. The molecule has 12 heavy (non-hydrogen) atoms. The average Bonchev–Trinajstić information content (AvgIpc) is 2.39. The summed E-state index contributed by atoms with van der Waals surface area (Å²) in [6.07, 6.45) is -3.56. The van der Waals surface area contributed by atoms with Gasteiger partial charge >= 0.3 is 12.1 Å². The molecule has 0 bridgehead atoms. The minimum Gasteiger partial charge on any atom is -0.475 e. The highest BCUT2D eigenvalue weighted by Gasteiger charge is 2.38. The molecular formula is C4H3F3N2O2S. The Morgan fingerprint density at radius 3 is 2.08 bits per heavy atom. The van der Waals surface area contributed by atoms with E-state index in [1.165, 1.54) is 17.9 Å². The average molecular weight is 200 g/mol. The number of carbonyl (C=O) groups is 1. The summed E-state index contributed by atoms with van der Waals surface area (Å²) in [7, 11) is 0. The fourth-order valence-electron chi connectivity index (χ4n) is 0.136. The number of halogens is 3. The van der Waals surface area contributed by atoms with Crippen molar-refractivity contribution >= 4 is 17.5 Å². The van der Waals surface area contributed by atoms with E-state index in [2.05, 4.69) is 9.36 Å². The van der Waals surface area contributed by atoms with Crippen molar-refractivity contribution in [2.75, 3.05) is 0 Å². The second-order valence-electron chi connectivity index (χ2n) is 1.38. The molecule has 0 aliphatic carbocycles. The standard InChI is InChI=1S/C2HF3O2.C2H2N2S/c3-2(4,5)1(6)7;1-3-2-5-4-1/h(H,6,7);1-2H. The quantitative estimate of drug-likeness (QED) is 0.682. The highest BCUT2D eigenvalue weighted by molar-refractivity contribution is 7.03. The molecule has 0 fully saturated rings. The smallest absolute Gasteiger partial charge is 0.475 e. The lowest BCUT2D eigenvalue weighted by Gasteiger charge is -1.93. The Bertz CT molecular complexity index is 205. The van der Waals surface area contributed by atoms with Gasteiger partial charge in [-0.15, -0.1) is 0 Å². The van der Waals surface area contributed by atoms with Gasteiger partial charge < -0.3 is 5.11 Å². The van der Waals surface area contributed by atoms with Gasteiger partial charge in [0.15, 0.2) is 0 Å². The van der Waals surface area contributed by atoms with E-state index in [-0.39, 0.29) is 0 Å². The monoisotopic (exact) mass is 200 g/mol. The van der Waals surface area contributed by atoms with Gasteiger partial charge in [-0.05, 0) is 11.5 Å². The van der Waals surface area contributed by atoms with E-state index in [0.717, 1.165) is 0 Å². The first-order valence-electron chi connectivity index (χ1n) is 2.44. The number of carboxylic acids is 1. The topological polar surface area (TPSA) is 63.1 Å². The van der Waals surface area contributed by atoms with Gasteiger partial charge in [0.25, 0.3) is 0 Å². The fraction of sp³-hybridized carbons (Fsp3) is 0.250. The lowest BCUT2D eigenvalue weighted by atomic mass is 10.7. The van der Waals surface area contributed by atoms with Crippen LogP contribution in [0.15, 0.2) is 11.8 Å². The molecule has 0 saturated heterocycles. The third kappa shape index (κ3) is 5.59. The molecule has 0 amide bonds. The zero-order valence-corrected chi connectivity index (χ0v) is 6.26. The van der Waals surface area contributed by atoms with Crippen LogP contribution in [-0.4, -0.2) is 26.6 Å². The van der Waals surface area contributed by atoms with Crippen LogP contribution in [0.5, 0.6) is 0 Å². The van der Waals surface area contributed by atoms with Gasteiger partial charge in [0.2, 0.25) is 0 Å². The number of alkyl halides is 3. The third-order valence-electron chi connectivity index (χ3n) is 0.525. The molecule has 0 atom stereocenters. The first-order chi connectivity index (χ1) is 5.44. The first kappa shape index (κ1) is 10.8. The van der Waals surface area contributed by atoms with E-state index in [4.69, 9.17) is 9.90 Å². The molecule has 0 radical (unpaired) electrons. The Kier molecular flexibility index (Phi) is 4.19.